The van der Waals surface area contributed by atoms with E-state index in [2.05, 4.69) is 43.1 Å². The van der Waals surface area contributed by atoms with E-state index in [0.29, 0.717) is 6.04 Å². The Kier molecular flexibility index (Phi) is 4.00. The van der Waals surface area contributed by atoms with Gasteiger partial charge in [-0.15, -0.1) is 0 Å². The van der Waals surface area contributed by atoms with Crippen LogP contribution in [-0.2, 0) is 6.54 Å². The Balaban J connectivity index is 2.05. The molecule has 94 valence electrons. The summed E-state index contributed by atoms with van der Waals surface area (Å²) in [6, 6.07) is 4.90. The summed E-state index contributed by atoms with van der Waals surface area (Å²) in [6.07, 6.45) is 2.61. The Hall–Kier alpha value is -1.09. The van der Waals surface area contributed by atoms with Gasteiger partial charge in [-0.1, -0.05) is 19.9 Å². The molecular weight excluding hydrogens is 210 g/mol. The molecule has 1 aliphatic heterocycles. The first-order valence-electron chi connectivity index (χ1n) is 6.61. The molecule has 2 rings (SSSR count). The molecule has 1 aromatic heterocycles. The molecule has 1 fully saturated rings. The molecule has 1 N–H and O–H groups in total. The van der Waals surface area contributed by atoms with Crippen LogP contribution in [0.15, 0.2) is 12.1 Å². The molecule has 3 heteroatoms. The molecule has 0 spiro atoms. The van der Waals surface area contributed by atoms with Gasteiger partial charge in [0.25, 0.3) is 0 Å². The molecule has 0 bridgehead atoms. The van der Waals surface area contributed by atoms with Gasteiger partial charge in [0.1, 0.15) is 5.82 Å². The second-order valence-electron chi connectivity index (χ2n) is 5.14. The first-order valence-corrected chi connectivity index (χ1v) is 6.61. The Morgan fingerprint density at radius 1 is 1.29 bits per heavy atom. The fourth-order valence-electron chi connectivity index (χ4n) is 2.20. The molecule has 0 unspecified atom stereocenters. The average Bonchev–Trinajstić information content (AvgIpc) is 2.80. The Morgan fingerprint density at radius 2 is 2.00 bits per heavy atom. The summed E-state index contributed by atoms with van der Waals surface area (Å²) in [5, 5.41) is 3.44. The third-order valence-corrected chi connectivity index (χ3v) is 3.31. The van der Waals surface area contributed by atoms with Gasteiger partial charge in [0.05, 0.1) is 0 Å². The lowest BCUT2D eigenvalue weighted by Crippen LogP contribution is -2.23. The van der Waals surface area contributed by atoms with Crippen molar-refractivity contribution in [3.8, 4) is 0 Å². The van der Waals surface area contributed by atoms with Crippen LogP contribution in [0.4, 0.5) is 5.82 Å². The van der Waals surface area contributed by atoms with Crippen molar-refractivity contribution < 1.29 is 0 Å². The van der Waals surface area contributed by atoms with Crippen LogP contribution in [0.3, 0.4) is 0 Å². The number of anilines is 1. The second kappa shape index (κ2) is 5.50. The van der Waals surface area contributed by atoms with Crippen molar-refractivity contribution >= 4 is 5.82 Å². The molecule has 1 aliphatic rings. The lowest BCUT2D eigenvalue weighted by atomic mass is 10.2. The number of pyridine rings is 1. The Labute approximate surface area is 104 Å². The van der Waals surface area contributed by atoms with Gasteiger partial charge in [0.15, 0.2) is 0 Å². The zero-order chi connectivity index (χ0) is 12.3. The van der Waals surface area contributed by atoms with E-state index in [-0.39, 0.29) is 0 Å². The van der Waals surface area contributed by atoms with Crippen molar-refractivity contribution in [2.45, 2.75) is 46.2 Å². The van der Waals surface area contributed by atoms with Crippen molar-refractivity contribution in [3.05, 3.63) is 23.4 Å². The summed E-state index contributed by atoms with van der Waals surface area (Å²) in [5.74, 6) is 1.15. The number of aryl methyl sites for hydroxylation is 1. The predicted octanol–water partition coefficient (Wildman–Crippen LogP) is 2.49. The normalized spacial score (nSPS) is 15.9. The number of aromatic nitrogens is 1. The first kappa shape index (κ1) is 12.4. The topological polar surface area (TPSA) is 28.2 Å². The highest BCUT2D eigenvalue weighted by molar-refractivity contribution is 5.42. The maximum absolute atomic E-state index is 4.72. The maximum atomic E-state index is 4.72. The zero-order valence-corrected chi connectivity index (χ0v) is 11.2. The predicted molar refractivity (Wildman–Crippen MR) is 72.4 cm³/mol. The van der Waals surface area contributed by atoms with Gasteiger partial charge in [-0.05, 0) is 31.4 Å². The molecule has 17 heavy (non-hydrogen) atoms. The molecule has 3 nitrogen and oxygen atoms in total. The number of nitrogens with one attached hydrogen (secondary N) is 1. The Morgan fingerprint density at radius 3 is 2.59 bits per heavy atom. The van der Waals surface area contributed by atoms with Gasteiger partial charge in [0.2, 0.25) is 0 Å². The third kappa shape index (κ3) is 3.19. The third-order valence-electron chi connectivity index (χ3n) is 3.31. The molecule has 0 aliphatic carbocycles. The standard InChI is InChI=1S/C14H23N3/c1-11(2)15-10-13-6-7-14(16-12(13)3)17-8-4-5-9-17/h6-7,11,15H,4-5,8-10H2,1-3H3. The van der Waals surface area contributed by atoms with E-state index >= 15 is 0 Å². The van der Waals surface area contributed by atoms with E-state index in [4.69, 9.17) is 4.98 Å². The van der Waals surface area contributed by atoms with Crippen LogP contribution in [0, 0.1) is 6.92 Å². The van der Waals surface area contributed by atoms with Crippen LogP contribution in [0.1, 0.15) is 37.9 Å². The molecule has 1 saturated heterocycles. The van der Waals surface area contributed by atoms with Gasteiger partial charge < -0.3 is 10.2 Å². The highest BCUT2D eigenvalue weighted by Gasteiger charge is 2.14. The minimum atomic E-state index is 0.521. The first-order chi connectivity index (χ1) is 8.16. The molecule has 0 aromatic carbocycles. The van der Waals surface area contributed by atoms with Crippen LogP contribution < -0.4 is 10.2 Å². The van der Waals surface area contributed by atoms with Crippen molar-refractivity contribution in [1.29, 1.82) is 0 Å². The highest BCUT2D eigenvalue weighted by Crippen LogP contribution is 2.19. The summed E-state index contributed by atoms with van der Waals surface area (Å²) >= 11 is 0. The van der Waals surface area contributed by atoms with Crippen LogP contribution >= 0.6 is 0 Å². The van der Waals surface area contributed by atoms with Crippen molar-refractivity contribution in [2.75, 3.05) is 18.0 Å². The summed E-state index contributed by atoms with van der Waals surface area (Å²) in [7, 11) is 0. The molecule has 2 heterocycles. The van der Waals surface area contributed by atoms with Crippen LogP contribution in [0.25, 0.3) is 0 Å². The van der Waals surface area contributed by atoms with Gasteiger partial charge in [-0.2, -0.15) is 0 Å². The summed E-state index contributed by atoms with van der Waals surface area (Å²) in [4.78, 5) is 7.10. The zero-order valence-electron chi connectivity index (χ0n) is 11.2. The minimum Gasteiger partial charge on any atom is -0.357 e. The van der Waals surface area contributed by atoms with Gasteiger partial charge >= 0.3 is 0 Å². The fourth-order valence-corrected chi connectivity index (χ4v) is 2.20. The highest BCUT2D eigenvalue weighted by atomic mass is 15.2. The Bertz CT molecular complexity index is 368. The molecule has 0 atom stereocenters. The van der Waals surface area contributed by atoms with Gasteiger partial charge in [0, 0.05) is 31.4 Å². The SMILES string of the molecule is Cc1nc(N2CCCC2)ccc1CNC(C)C. The molecule has 0 saturated carbocycles. The lowest BCUT2D eigenvalue weighted by Gasteiger charge is -2.18. The van der Waals surface area contributed by atoms with Crippen molar-refractivity contribution in [2.24, 2.45) is 0 Å². The van der Waals surface area contributed by atoms with E-state index < -0.39 is 0 Å². The van der Waals surface area contributed by atoms with Crippen molar-refractivity contribution in [3.63, 3.8) is 0 Å². The van der Waals surface area contributed by atoms with E-state index in [1.54, 1.807) is 0 Å². The summed E-state index contributed by atoms with van der Waals surface area (Å²) < 4.78 is 0. The second-order valence-corrected chi connectivity index (χ2v) is 5.14. The monoisotopic (exact) mass is 233 g/mol. The molecule has 0 amide bonds. The largest absolute Gasteiger partial charge is 0.357 e. The number of rotatable bonds is 4. The van der Waals surface area contributed by atoms with Crippen molar-refractivity contribution in [1.82, 2.24) is 10.3 Å². The molecule has 0 radical (unpaired) electrons. The number of hydrogen-bond acceptors (Lipinski definition) is 3. The summed E-state index contributed by atoms with van der Waals surface area (Å²) in [6.45, 7) is 9.68. The lowest BCUT2D eigenvalue weighted by molar-refractivity contribution is 0.586. The van der Waals surface area contributed by atoms with E-state index in [1.165, 1.54) is 18.4 Å². The van der Waals surface area contributed by atoms with E-state index in [9.17, 15) is 0 Å². The number of nitrogens with zero attached hydrogens (tertiary/aromatic N) is 2. The van der Waals surface area contributed by atoms with Gasteiger partial charge in [-0.3, -0.25) is 0 Å². The fraction of sp³-hybridized carbons (Fsp3) is 0.643. The maximum Gasteiger partial charge on any atom is 0.128 e. The minimum absolute atomic E-state index is 0.521. The van der Waals surface area contributed by atoms with Crippen LogP contribution in [0.5, 0.6) is 0 Å². The van der Waals surface area contributed by atoms with E-state index in [1.807, 2.05) is 0 Å². The van der Waals surface area contributed by atoms with E-state index in [0.717, 1.165) is 31.1 Å². The van der Waals surface area contributed by atoms with Crippen LogP contribution in [0.2, 0.25) is 0 Å². The quantitative estimate of drug-likeness (QED) is 0.866. The molecular formula is C14H23N3. The molecule has 1 aromatic rings. The average molecular weight is 233 g/mol. The van der Waals surface area contributed by atoms with Crippen LogP contribution in [-0.4, -0.2) is 24.1 Å². The van der Waals surface area contributed by atoms with Gasteiger partial charge in [-0.25, -0.2) is 4.98 Å². The summed E-state index contributed by atoms with van der Waals surface area (Å²) in [5.41, 5.74) is 2.46. The number of hydrogen-bond donors (Lipinski definition) is 1. The smallest absolute Gasteiger partial charge is 0.128 e.